The summed E-state index contributed by atoms with van der Waals surface area (Å²) in [5.41, 5.74) is 3.95. The standard InChI is InChI=1S/C27H21F3N4OS/c28-27(29,30)25-22-10-7-19-3-1-2-4-21(19)24(22)33-26(34-25)36-16-23(35)32-20-8-5-17(6-9-20)15-18-11-13-31-14-12-18/h1-6,8-9,11-14H,7,10,15-16H2,(H,32,35). The number of hydrogen-bond acceptors (Lipinski definition) is 5. The second-order valence-corrected chi connectivity index (χ2v) is 9.35. The van der Waals surface area contributed by atoms with E-state index in [0.717, 1.165) is 34.9 Å². The molecule has 2 aromatic carbocycles. The van der Waals surface area contributed by atoms with E-state index >= 15 is 0 Å². The van der Waals surface area contributed by atoms with Crippen molar-refractivity contribution in [3.8, 4) is 11.3 Å². The van der Waals surface area contributed by atoms with Gasteiger partial charge >= 0.3 is 6.18 Å². The van der Waals surface area contributed by atoms with Gasteiger partial charge in [-0.2, -0.15) is 13.2 Å². The van der Waals surface area contributed by atoms with Crippen LogP contribution in [-0.4, -0.2) is 26.6 Å². The molecule has 5 nitrogen and oxygen atoms in total. The average molecular weight is 507 g/mol. The van der Waals surface area contributed by atoms with Gasteiger partial charge in [0, 0.05) is 29.2 Å². The predicted octanol–water partition coefficient (Wildman–Crippen LogP) is 5.98. The van der Waals surface area contributed by atoms with Crippen molar-refractivity contribution < 1.29 is 18.0 Å². The molecule has 0 unspecified atom stereocenters. The van der Waals surface area contributed by atoms with E-state index in [0.29, 0.717) is 23.4 Å². The molecule has 182 valence electrons. The second kappa shape index (κ2) is 10.1. The highest BCUT2D eigenvalue weighted by Gasteiger charge is 2.38. The molecule has 0 fully saturated rings. The Labute approximate surface area is 210 Å². The number of anilines is 1. The van der Waals surface area contributed by atoms with Gasteiger partial charge in [0.05, 0.1) is 11.4 Å². The summed E-state index contributed by atoms with van der Waals surface area (Å²) in [6, 6.07) is 18.6. The van der Waals surface area contributed by atoms with Crippen LogP contribution in [0.3, 0.4) is 0 Å². The zero-order valence-electron chi connectivity index (χ0n) is 19.0. The van der Waals surface area contributed by atoms with Gasteiger partial charge in [0.15, 0.2) is 10.9 Å². The van der Waals surface area contributed by atoms with E-state index < -0.39 is 11.9 Å². The molecule has 1 aliphatic rings. The van der Waals surface area contributed by atoms with Crippen LogP contribution < -0.4 is 5.32 Å². The van der Waals surface area contributed by atoms with Gasteiger partial charge in [-0.3, -0.25) is 9.78 Å². The zero-order valence-corrected chi connectivity index (χ0v) is 19.9. The minimum absolute atomic E-state index is 0.0689. The van der Waals surface area contributed by atoms with Crippen LogP contribution in [0.1, 0.15) is 27.9 Å². The first-order chi connectivity index (χ1) is 17.4. The van der Waals surface area contributed by atoms with Gasteiger partial charge in [0.25, 0.3) is 0 Å². The molecule has 4 aromatic rings. The normalized spacial score (nSPS) is 12.5. The monoisotopic (exact) mass is 506 g/mol. The van der Waals surface area contributed by atoms with Gasteiger partial charge in [-0.1, -0.05) is 48.2 Å². The highest BCUT2D eigenvalue weighted by atomic mass is 32.2. The summed E-state index contributed by atoms with van der Waals surface area (Å²) < 4.78 is 41.4. The lowest BCUT2D eigenvalue weighted by molar-refractivity contribution is -0.142. The van der Waals surface area contributed by atoms with Crippen LogP contribution >= 0.6 is 11.8 Å². The molecule has 0 aliphatic heterocycles. The Balaban J connectivity index is 1.28. The molecule has 0 saturated heterocycles. The maximum Gasteiger partial charge on any atom is 0.433 e. The van der Waals surface area contributed by atoms with Gasteiger partial charge in [-0.05, 0) is 60.2 Å². The fourth-order valence-electron chi connectivity index (χ4n) is 4.22. The van der Waals surface area contributed by atoms with Crippen LogP contribution in [0.5, 0.6) is 0 Å². The summed E-state index contributed by atoms with van der Waals surface area (Å²) >= 11 is 0.890. The van der Waals surface area contributed by atoms with Crippen LogP contribution in [0.25, 0.3) is 11.3 Å². The number of carbonyl (C=O) groups is 1. The summed E-state index contributed by atoms with van der Waals surface area (Å²) in [5, 5.41) is 2.71. The summed E-state index contributed by atoms with van der Waals surface area (Å²) in [6.07, 6.45) is 0.353. The van der Waals surface area contributed by atoms with E-state index in [4.69, 9.17) is 0 Å². The molecule has 1 N–H and O–H groups in total. The first-order valence-electron chi connectivity index (χ1n) is 11.3. The maximum atomic E-state index is 13.8. The Morgan fingerprint density at radius 1 is 0.917 bits per heavy atom. The van der Waals surface area contributed by atoms with E-state index in [2.05, 4.69) is 20.3 Å². The van der Waals surface area contributed by atoms with Crippen LogP contribution in [-0.2, 0) is 30.2 Å². The molecule has 2 aromatic heterocycles. The predicted molar refractivity (Wildman–Crippen MR) is 133 cm³/mol. The molecule has 36 heavy (non-hydrogen) atoms. The molecule has 1 aliphatic carbocycles. The number of fused-ring (bicyclic) bond motifs is 3. The van der Waals surface area contributed by atoms with Gasteiger partial charge in [0.2, 0.25) is 5.91 Å². The molecule has 0 saturated carbocycles. The lowest BCUT2D eigenvalue weighted by atomic mass is 9.88. The maximum absolute atomic E-state index is 13.8. The number of pyridine rings is 1. The number of halogens is 3. The number of aromatic nitrogens is 3. The van der Waals surface area contributed by atoms with Crippen LogP contribution in [0.15, 0.2) is 78.2 Å². The number of nitrogens with one attached hydrogen (secondary N) is 1. The lowest BCUT2D eigenvalue weighted by Crippen LogP contribution is -2.19. The smallest absolute Gasteiger partial charge is 0.325 e. The van der Waals surface area contributed by atoms with E-state index in [1.54, 1.807) is 36.7 Å². The molecule has 0 radical (unpaired) electrons. The van der Waals surface area contributed by atoms with Crippen LogP contribution in [0.2, 0.25) is 0 Å². The third-order valence-corrected chi connectivity index (χ3v) is 6.75. The molecule has 0 bridgehead atoms. The van der Waals surface area contributed by atoms with Gasteiger partial charge in [-0.15, -0.1) is 0 Å². The van der Waals surface area contributed by atoms with E-state index in [1.165, 1.54) is 0 Å². The number of hydrogen-bond donors (Lipinski definition) is 1. The van der Waals surface area contributed by atoms with E-state index in [9.17, 15) is 18.0 Å². The Morgan fingerprint density at radius 2 is 1.64 bits per heavy atom. The van der Waals surface area contributed by atoms with Crippen molar-refractivity contribution in [1.82, 2.24) is 15.0 Å². The van der Waals surface area contributed by atoms with Gasteiger partial charge in [0.1, 0.15) is 0 Å². The number of thioether (sulfide) groups is 1. The quantitative estimate of drug-likeness (QED) is 0.258. The largest absolute Gasteiger partial charge is 0.433 e. The van der Waals surface area contributed by atoms with Crippen LogP contribution in [0.4, 0.5) is 18.9 Å². The Kier molecular flexibility index (Phi) is 6.73. The van der Waals surface area contributed by atoms with Crippen molar-refractivity contribution in [3.05, 3.63) is 101 Å². The summed E-state index contributed by atoms with van der Waals surface area (Å²) in [7, 11) is 0. The van der Waals surface area contributed by atoms with Crippen molar-refractivity contribution in [1.29, 1.82) is 0 Å². The number of nitrogens with zero attached hydrogens (tertiary/aromatic N) is 3. The topological polar surface area (TPSA) is 67.8 Å². The highest BCUT2D eigenvalue weighted by molar-refractivity contribution is 7.99. The minimum Gasteiger partial charge on any atom is -0.325 e. The highest BCUT2D eigenvalue weighted by Crippen LogP contribution is 2.40. The van der Waals surface area contributed by atoms with Crippen LogP contribution in [0, 0.1) is 0 Å². The number of alkyl halides is 3. The number of aryl methyl sites for hydroxylation is 1. The van der Waals surface area contributed by atoms with E-state index in [1.807, 2.05) is 36.4 Å². The molecule has 0 atom stereocenters. The number of carbonyl (C=O) groups excluding carboxylic acids is 1. The zero-order chi connectivity index (χ0) is 25.1. The Hall–Kier alpha value is -3.72. The average Bonchev–Trinajstić information content (AvgIpc) is 2.88. The second-order valence-electron chi connectivity index (χ2n) is 8.40. The first kappa shape index (κ1) is 24.0. The third-order valence-electron chi connectivity index (χ3n) is 5.90. The summed E-state index contributed by atoms with van der Waals surface area (Å²) in [6.45, 7) is 0. The first-order valence-corrected chi connectivity index (χ1v) is 12.3. The van der Waals surface area contributed by atoms with Crippen molar-refractivity contribution in [3.63, 3.8) is 0 Å². The number of rotatable bonds is 6. The summed E-state index contributed by atoms with van der Waals surface area (Å²) in [4.78, 5) is 24.8. The molecular weight excluding hydrogens is 485 g/mol. The molecule has 0 spiro atoms. The fraction of sp³-hybridized carbons (Fsp3) is 0.185. The Bertz CT molecular complexity index is 1390. The van der Waals surface area contributed by atoms with E-state index in [-0.39, 0.29) is 28.8 Å². The van der Waals surface area contributed by atoms with Crippen molar-refractivity contribution in [2.24, 2.45) is 0 Å². The third kappa shape index (κ3) is 5.41. The van der Waals surface area contributed by atoms with Crippen molar-refractivity contribution >= 4 is 23.4 Å². The summed E-state index contributed by atoms with van der Waals surface area (Å²) in [5.74, 6) is -0.464. The van der Waals surface area contributed by atoms with Gasteiger partial charge < -0.3 is 5.32 Å². The molecule has 5 rings (SSSR count). The number of benzene rings is 2. The van der Waals surface area contributed by atoms with Gasteiger partial charge in [-0.25, -0.2) is 9.97 Å². The van der Waals surface area contributed by atoms with Crippen molar-refractivity contribution in [2.75, 3.05) is 11.1 Å². The molecule has 9 heteroatoms. The molecule has 2 heterocycles. The SMILES string of the molecule is O=C(CSc1nc2c(c(C(F)(F)F)n1)CCc1ccccc1-2)Nc1ccc(Cc2ccncc2)cc1. The molecule has 1 amide bonds. The minimum atomic E-state index is -4.60. The molecular formula is C27H21F3N4OS. The number of amides is 1. The van der Waals surface area contributed by atoms with Crippen molar-refractivity contribution in [2.45, 2.75) is 30.6 Å². The Morgan fingerprint density at radius 3 is 2.39 bits per heavy atom. The fourth-order valence-corrected chi connectivity index (χ4v) is 4.86. The lowest BCUT2D eigenvalue weighted by Gasteiger charge is -2.22.